The van der Waals surface area contributed by atoms with Gasteiger partial charge in [0.2, 0.25) is 0 Å². The summed E-state index contributed by atoms with van der Waals surface area (Å²) in [4.78, 5) is 0.282. The van der Waals surface area contributed by atoms with Gasteiger partial charge in [-0.1, -0.05) is 18.3 Å². The van der Waals surface area contributed by atoms with Crippen LogP contribution >= 0.6 is 12.2 Å². The number of benzene rings is 1. The first-order valence-corrected chi connectivity index (χ1v) is 4.15. The second-order valence-corrected chi connectivity index (χ2v) is 3.12. The van der Waals surface area contributed by atoms with E-state index < -0.39 is 0 Å². The molecule has 70 valence electrons. The molecule has 0 bridgehead atoms. The van der Waals surface area contributed by atoms with Crippen LogP contribution in [0, 0.1) is 5.82 Å². The molecule has 0 aliphatic carbocycles. The van der Waals surface area contributed by atoms with E-state index in [1.165, 1.54) is 13.2 Å². The lowest BCUT2D eigenvalue weighted by Gasteiger charge is -2.04. The molecule has 1 aromatic carbocycles. The van der Waals surface area contributed by atoms with E-state index in [-0.39, 0.29) is 17.2 Å². The minimum atomic E-state index is -0.341. The van der Waals surface area contributed by atoms with Gasteiger partial charge in [0.1, 0.15) is 11.6 Å². The predicted octanol–water partition coefficient (Wildman–Crippen LogP) is 1.66. The fourth-order valence-corrected chi connectivity index (χ4v) is 1.14. The van der Waals surface area contributed by atoms with Crippen molar-refractivity contribution in [3.63, 3.8) is 0 Å². The molecule has 0 atom stereocenters. The van der Waals surface area contributed by atoms with Gasteiger partial charge < -0.3 is 10.5 Å². The van der Waals surface area contributed by atoms with Crippen LogP contribution in [0.5, 0.6) is 5.75 Å². The van der Waals surface area contributed by atoms with Gasteiger partial charge in [0.15, 0.2) is 0 Å². The first-order chi connectivity index (χ1) is 6.13. The SMILES string of the molecule is COc1ccc(CC(N)=S)c(F)c1. The van der Waals surface area contributed by atoms with E-state index in [0.29, 0.717) is 11.3 Å². The number of hydrogen-bond acceptors (Lipinski definition) is 2. The van der Waals surface area contributed by atoms with Crippen molar-refractivity contribution in [3.05, 3.63) is 29.6 Å². The fraction of sp³-hybridized carbons (Fsp3) is 0.222. The molecule has 13 heavy (non-hydrogen) atoms. The van der Waals surface area contributed by atoms with Crippen LogP contribution in [0.15, 0.2) is 18.2 Å². The monoisotopic (exact) mass is 199 g/mol. The summed E-state index contributed by atoms with van der Waals surface area (Å²) in [7, 11) is 1.49. The van der Waals surface area contributed by atoms with Crippen molar-refractivity contribution >= 4 is 17.2 Å². The van der Waals surface area contributed by atoms with Crippen molar-refractivity contribution in [2.75, 3.05) is 7.11 Å². The van der Waals surface area contributed by atoms with E-state index in [0.717, 1.165) is 0 Å². The first-order valence-electron chi connectivity index (χ1n) is 3.74. The Morgan fingerprint density at radius 1 is 1.62 bits per heavy atom. The molecule has 0 aliphatic heterocycles. The molecular formula is C9H10FNOS. The number of halogens is 1. The van der Waals surface area contributed by atoms with Crippen LogP contribution in [0.1, 0.15) is 5.56 Å². The Kier molecular flexibility index (Phi) is 3.19. The Morgan fingerprint density at radius 3 is 2.77 bits per heavy atom. The van der Waals surface area contributed by atoms with Crippen LogP contribution in [-0.2, 0) is 6.42 Å². The van der Waals surface area contributed by atoms with E-state index >= 15 is 0 Å². The molecule has 0 spiro atoms. The van der Waals surface area contributed by atoms with Gasteiger partial charge >= 0.3 is 0 Å². The zero-order valence-electron chi connectivity index (χ0n) is 7.21. The molecule has 2 N–H and O–H groups in total. The van der Waals surface area contributed by atoms with E-state index in [9.17, 15) is 4.39 Å². The van der Waals surface area contributed by atoms with Crippen LogP contribution in [0.25, 0.3) is 0 Å². The van der Waals surface area contributed by atoms with Crippen molar-refractivity contribution in [1.29, 1.82) is 0 Å². The normalized spacial score (nSPS) is 9.69. The van der Waals surface area contributed by atoms with Crippen molar-refractivity contribution in [2.24, 2.45) is 5.73 Å². The molecule has 0 saturated heterocycles. The molecular weight excluding hydrogens is 189 g/mol. The van der Waals surface area contributed by atoms with Crippen molar-refractivity contribution < 1.29 is 9.13 Å². The first kappa shape index (κ1) is 9.92. The Bertz CT molecular complexity index is 327. The summed E-state index contributed by atoms with van der Waals surface area (Å²) in [5.41, 5.74) is 5.79. The number of thiocarbonyl (C=S) groups is 1. The summed E-state index contributed by atoms with van der Waals surface area (Å²) >= 11 is 4.68. The Hall–Kier alpha value is -1.16. The van der Waals surface area contributed by atoms with Gasteiger partial charge in [0.25, 0.3) is 0 Å². The van der Waals surface area contributed by atoms with Gasteiger partial charge in [-0.2, -0.15) is 0 Å². The molecule has 1 aromatic rings. The molecule has 0 amide bonds. The van der Waals surface area contributed by atoms with Gasteiger partial charge in [0, 0.05) is 12.5 Å². The van der Waals surface area contributed by atoms with E-state index in [1.54, 1.807) is 12.1 Å². The topological polar surface area (TPSA) is 35.2 Å². The maximum Gasteiger partial charge on any atom is 0.130 e. The molecule has 0 aromatic heterocycles. The quantitative estimate of drug-likeness (QED) is 0.752. The zero-order valence-corrected chi connectivity index (χ0v) is 8.03. The second kappa shape index (κ2) is 4.18. The maximum absolute atomic E-state index is 13.2. The Morgan fingerprint density at radius 2 is 2.31 bits per heavy atom. The van der Waals surface area contributed by atoms with Gasteiger partial charge in [-0.05, 0) is 11.6 Å². The number of hydrogen-bond donors (Lipinski definition) is 1. The second-order valence-electron chi connectivity index (χ2n) is 2.60. The molecule has 0 radical (unpaired) electrons. The smallest absolute Gasteiger partial charge is 0.130 e. The van der Waals surface area contributed by atoms with Crippen LogP contribution in [-0.4, -0.2) is 12.1 Å². The number of rotatable bonds is 3. The summed E-state index contributed by atoms with van der Waals surface area (Å²) in [6.07, 6.45) is 0.283. The molecule has 0 fully saturated rings. The average Bonchev–Trinajstić information content (AvgIpc) is 2.08. The summed E-state index contributed by atoms with van der Waals surface area (Å²) < 4.78 is 18.1. The average molecular weight is 199 g/mol. The van der Waals surface area contributed by atoms with Crippen LogP contribution in [0.3, 0.4) is 0 Å². The minimum Gasteiger partial charge on any atom is -0.497 e. The highest BCUT2D eigenvalue weighted by Gasteiger charge is 2.04. The third kappa shape index (κ3) is 2.66. The van der Waals surface area contributed by atoms with Gasteiger partial charge in [0.05, 0.1) is 12.1 Å². The van der Waals surface area contributed by atoms with Crippen LogP contribution < -0.4 is 10.5 Å². The number of methoxy groups -OCH3 is 1. The van der Waals surface area contributed by atoms with Crippen molar-refractivity contribution in [2.45, 2.75) is 6.42 Å². The van der Waals surface area contributed by atoms with E-state index in [1.807, 2.05) is 0 Å². The molecule has 0 unspecified atom stereocenters. The maximum atomic E-state index is 13.2. The highest BCUT2D eigenvalue weighted by Crippen LogP contribution is 2.16. The molecule has 0 heterocycles. The molecule has 0 saturated carbocycles. The lowest BCUT2D eigenvalue weighted by molar-refractivity contribution is 0.411. The molecule has 1 rings (SSSR count). The third-order valence-electron chi connectivity index (χ3n) is 1.62. The highest BCUT2D eigenvalue weighted by atomic mass is 32.1. The van der Waals surface area contributed by atoms with Crippen molar-refractivity contribution in [3.8, 4) is 5.75 Å². The zero-order chi connectivity index (χ0) is 9.84. The standard InChI is InChI=1S/C9H10FNOS/c1-12-7-3-2-6(4-9(11)13)8(10)5-7/h2-3,5H,4H2,1H3,(H2,11,13). The lowest BCUT2D eigenvalue weighted by Crippen LogP contribution is -2.12. The van der Waals surface area contributed by atoms with E-state index in [4.69, 9.17) is 10.5 Å². The third-order valence-corrected chi connectivity index (χ3v) is 1.77. The number of nitrogens with two attached hydrogens (primary N) is 1. The fourth-order valence-electron chi connectivity index (χ4n) is 0.986. The van der Waals surface area contributed by atoms with Crippen LogP contribution in [0.2, 0.25) is 0 Å². The molecule has 2 nitrogen and oxygen atoms in total. The van der Waals surface area contributed by atoms with E-state index in [2.05, 4.69) is 12.2 Å². The summed E-state index contributed by atoms with van der Waals surface area (Å²) in [5, 5.41) is 0. The summed E-state index contributed by atoms with van der Waals surface area (Å²) in [6, 6.07) is 4.61. The minimum absolute atomic E-state index is 0.282. The number of ether oxygens (including phenoxy) is 1. The molecule has 0 aliphatic rings. The van der Waals surface area contributed by atoms with Gasteiger partial charge in [-0.25, -0.2) is 4.39 Å². The Labute approximate surface area is 81.5 Å². The largest absolute Gasteiger partial charge is 0.497 e. The van der Waals surface area contributed by atoms with Crippen LogP contribution in [0.4, 0.5) is 4.39 Å². The van der Waals surface area contributed by atoms with Crippen molar-refractivity contribution in [1.82, 2.24) is 0 Å². The summed E-state index contributed by atoms with van der Waals surface area (Å²) in [6.45, 7) is 0. The van der Waals surface area contributed by atoms with Gasteiger partial charge in [-0.3, -0.25) is 0 Å². The van der Waals surface area contributed by atoms with Gasteiger partial charge in [-0.15, -0.1) is 0 Å². The Balaban J connectivity index is 2.91. The highest BCUT2D eigenvalue weighted by molar-refractivity contribution is 7.80. The predicted molar refractivity (Wildman–Crippen MR) is 53.4 cm³/mol. The lowest BCUT2D eigenvalue weighted by atomic mass is 10.1. The molecule has 4 heteroatoms. The summed E-state index contributed by atoms with van der Waals surface area (Å²) in [5.74, 6) is 0.149.